The summed E-state index contributed by atoms with van der Waals surface area (Å²) in [5.41, 5.74) is 0.636. The van der Waals surface area contributed by atoms with E-state index in [-0.39, 0.29) is 23.2 Å². The Kier molecular flexibility index (Phi) is 3.86. The number of nitrogens with zero attached hydrogens (tertiary/aromatic N) is 2. The van der Waals surface area contributed by atoms with Crippen LogP contribution in [0.5, 0.6) is 0 Å². The molecule has 6 nitrogen and oxygen atoms in total. The SMILES string of the molecule is CN(Cc1cccc(C(=O)O)n1)C1CCS(=O)(=O)C1. The molecule has 1 aromatic heterocycles. The number of pyridine rings is 1. The molecular weight excluding hydrogens is 268 g/mol. The minimum absolute atomic E-state index is 0.00458. The van der Waals surface area contributed by atoms with Crippen molar-refractivity contribution >= 4 is 15.8 Å². The first kappa shape index (κ1) is 14.0. The fourth-order valence-electron chi connectivity index (χ4n) is 2.19. The largest absolute Gasteiger partial charge is 0.477 e. The van der Waals surface area contributed by atoms with Crippen LogP contribution in [0.25, 0.3) is 0 Å². The van der Waals surface area contributed by atoms with Crippen LogP contribution in [0.15, 0.2) is 18.2 Å². The van der Waals surface area contributed by atoms with E-state index in [1.165, 1.54) is 6.07 Å². The van der Waals surface area contributed by atoms with Crippen LogP contribution >= 0.6 is 0 Å². The van der Waals surface area contributed by atoms with Gasteiger partial charge in [-0.1, -0.05) is 6.07 Å². The lowest BCUT2D eigenvalue weighted by Gasteiger charge is -2.22. The molecule has 0 aromatic carbocycles. The van der Waals surface area contributed by atoms with E-state index in [9.17, 15) is 13.2 Å². The summed E-state index contributed by atoms with van der Waals surface area (Å²) in [7, 11) is -1.08. The molecule has 1 unspecified atom stereocenters. The number of carbonyl (C=O) groups is 1. The second-order valence-corrected chi connectivity index (χ2v) is 7.02. The molecule has 1 aliphatic rings. The Morgan fingerprint density at radius 3 is 2.84 bits per heavy atom. The van der Waals surface area contributed by atoms with Gasteiger partial charge in [-0.2, -0.15) is 0 Å². The predicted molar refractivity (Wildman–Crippen MR) is 69.7 cm³/mol. The molecule has 1 saturated heterocycles. The molecule has 1 atom stereocenters. The lowest BCUT2D eigenvalue weighted by molar-refractivity contribution is 0.0690. The summed E-state index contributed by atoms with van der Waals surface area (Å²) in [6.07, 6.45) is 0.622. The molecule has 1 aliphatic heterocycles. The second kappa shape index (κ2) is 5.26. The smallest absolute Gasteiger partial charge is 0.354 e. The van der Waals surface area contributed by atoms with E-state index in [0.29, 0.717) is 18.7 Å². The van der Waals surface area contributed by atoms with Crippen molar-refractivity contribution in [2.24, 2.45) is 0 Å². The third-order valence-corrected chi connectivity index (χ3v) is 5.02. The number of carboxylic acids is 1. The van der Waals surface area contributed by atoms with Crippen molar-refractivity contribution < 1.29 is 18.3 Å². The average molecular weight is 284 g/mol. The van der Waals surface area contributed by atoms with Crippen molar-refractivity contribution in [2.75, 3.05) is 18.6 Å². The summed E-state index contributed by atoms with van der Waals surface area (Å²) in [6, 6.07) is 4.81. The van der Waals surface area contributed by atoms with Gasteiger partial charge in [-0.15, -0.1) is 0 Å². The van der Waals surface area contributed by atoms with E-state index < -0.39 is 15.8 Å². The van der Waals surface area contributed by atoms with Crippen LogP contribution in [0.2, 0.25) is 0 Å². The summed E-state index contributed by atoms with van der Waals surface area (Å²) in [5, 5.41) is 8.87. The summed E-state index contributed by atoms with van der Waals surface area (Å²) in [5.74, 6) is -0.667. The Balaban J connectivity index is 2.05. The Hall–Kier alpha value is -1.47. The highest BCUT2D eigenvalue weighted by Gasteiger charge is 2.30. The monoisotopic (exact) mass is 284 g/mol. The lowest BCUT2D eigenvalue weighted by Crippen LogP contribution is -2.32. The highest BCUT2D eigenvalue weighted by molar-refractivity contribution is 7.91. The molecule has 0 radical (unpaired) electrons. The summed E-state index contributed by atoms with van der Waals surface area (Å²) >= 11 is 0. The quantitative estimate of drug-likeness (QED) is 0.861. The van der Waals surface area contributed by atoms with Gasteiger partial charge in [-0.05, 0) is 25.6 Å². The van der Waals surface area contributed by atoms with Gasteiger partial charge in [0.2, 0.25) is 0 Å². The van der Waals surface area contributed by atoms with Gasteiger partial charge in [0, 0.05) is 12.6 Å². The van der Waals surface area contributed by atoms with Gasteiger partial charge in [-0.25, -0.2) is 18.2 Å². The van der Waals surface area contributed by atoms with Crippen LogP contribution in [-0.4, -0.2) is 54.0 Å². The van der Waals surface area contributed by atoms with E-state index in [1.54, 1.807) is 12.1 Å². The van der Waals surface area contributed by atoms with Crippen molar-refractivity contribution in [1.82, 2.24) is 9.88 Å². The van der Waals surface area contributed by atoms with Gasteiger partial charge in [0.25, 0.3) is 0 Å². The molecule has 7 heteroatoms. The third-order valence-electron chi connectivity index (χ3n) is 3.27. The Bertz CT molecular complexity index is 585. The van der Waals surface area contributed by atoms with Crippen LogP contribution in [0.4, 0.5) is 0 Å². The van der Waals surface area contributed by atoms with E-state index in [2.05, 4.69) is 4.98 Å². The fourth-order valence-corrected chi connectivity index (χ4v) is 4.00. The summed E-state index contributed by atoms with van der Waals surface area (Å²) in [4.78, 5) is 16.8. The number of hydrogen-bond acceptors (Lipinski definition) is 5. The van der Waals surface area contributed by atoms with E-state index in [4.69, 9.17) is 5.11 Å². The van der Waals surface area contributed by atoms with Crippen molar-refractivity contribution in [3.8, 4) is 0 Å². The van der Waals surface area contributed by atoms with Crippen molar-refractivity contribution in [2.45, 2.75) is 19.0 Å². The van der Waals surface area contributed by atoms with Gasteiger partial charge in [0.05, 0.1) is 17.2 Å². The molecule has 19 heavy (non-hydrogen) atoms. The maximum absolute atomic E-state index is 11.4. The molecule has 0 saturated carbocycles. The zero-order valence-electron chi connectivity index (χ0n) is 10.6. The maximum atomic E-state index is 11.4. The Morgan fingerprint density at radius 2 is 2.26 bits per heavy atom. The number of aromatic carboxylic acids is 1. The van der Waals surface area contributed by atoms with Crippen molar-refractivity contribution in [3.63, 3.8) is 0 Å². The van der Waals surface area contributed by atoms with Crippen LogP contribution in [-0.2, 0) is 16.4 Å². The predicted octanol–water partition coefficient (Wildman–Crippen LogP) is 0.399. The molecular formula is C12H16N2O4S. The molecule has 0 amide bonds. The highest BCUT2D eigenvalue weighted by atomic mass is 32.2. The zero-order valence-corrected chi connectivity index (χ0v) is 11.4. The molecule has 0 bridgehead atoms. The Morgan fingerprint density at radius 1 is 1.53 bits per heavy atom. The molecule has 1 N–H and O–H groups in total. The standard InChI is InChI=1S/C12H16N2O4S/c1-14(10-5-6-19(17,18)8-10)7-9-3-2-4-11(13-9)12(15)16/h2-4,10H,5-8H2,1H3,(H,15,16). The molecule has 2 rings (SSSR count). The minimum Gasteiger partial charge on any atom is -0.477 e. The zero-order chi connectivity index (χ0) is 14.0. The Labute approximate surface area is 112 Å². The maximum Gasteiger partial charge on any atom is 0.354 e. The molecule has 104 valence electrons. The topological polar surface area (TPSA) is 87.6 Å². The van der Waals surface area contributed by atoms with Crippen LogP contribution in [0.3, 0.4) is 0 Å². The first-order valence-electron chi connectivity index (χ1n) is 5.97. The summed E-state index contributed by atoms with van der Waals surface area (Å²) in [6.45, 7) is 0.446. The number of rotatable bonds is 4. The highest BCUT2D eigenvalue weighted by Crippen LogP contribution is 2.18. The first-order valence-corrected chi connectivity index (χ1v) is 7.79. The van der Waals surface area contributed by atoms with Gasteiger partial charge in [-0.3, -0.25) is 4.90 Å². The first-order chi connectivity index (χ1) is 8.87. The van der Waals surface area contributed by atoms with Crippen LogP contribution < -0.4 is 0 Å². The molecule has 0 spiro atoms. The lowest BCUT2D eigenvalue weighted by atomic mass is 10.2. The number of hydrogen-bond donors (Lipinski definition) is 1. The number of carboxylic acid groups (broad SMARTS) is 1. The summed E-state index contributed by atoms with van der Waals surface area (Å²) < 4.78 is 22.8. The van der Waals surface area contributed by atoms with Gasteiger partial charge in [0.1, 0.15) is 5.69 Å². The minimum atomic E-state index is -2.91. The molecule has 0 aliphatic carbocycles. The van der Waals surface area contributed by atoms with Crippen molar-refractivity contribution in [1.29, 1.82) is 0 Å². The van der Waals surface area contributed by atoms with Gasteiger partial charge < -0.3 is 5.11 Å². The fraction of sp³-hybridized carbons (Fsp3) is 0.500. The molecule has 1 aromatic rings. The molecule has 1 fully saturated rings. The number of aromatic nitrogens is 1. The normalized spacial score (nSPS) is 21.7. The van der Waals surface area contributed by atoms with Gasteiger partial charge in [0.15, 0.2) is 9.84 Å². The van der Waals surface area contributed by atoms with E-state index >= 15 is 0 Å². The van der Waals surface area contributed by atoms with E-state index in [1.807, 2.05) is 11.9 Å². The third kappa shape index (κ3) is 3.51. The number of sulfone groups is 1. The second-order valence-electron chi connectivity index (χ2n) is 4.79. The van der Waals surface area contributed by atoms with Crippen LogP contribution in [0.1, 0.15) is 22.6 Å². The average Bonchev–Trinajstić information content (AvgIpc) is 2.70. The van der Waals surface area contributed by atoms with E-state index in [0.717, 1.165) is 0 Å². The molecule has 2 heterocycles. The van der Waals surface area contributed by atoms with Crippen molar-refractivity contribution in [3.05, 3.63) is 29.6 Å². The van der Waals surface area contributed by atoms with Gasteiger partial charge >= 0.3 is 5.97 Å². The van der Waals surface area contributed by atoms with Crippen LogP contribution in [0, 0.1) is 0 Å².